The number of hydrogen-bond acceptors (Lipinski definition) is 3. The van der Waals surface area contributed by atoms with Crippen LogP contribution in [-0.4, -0.2) is 17.0 Å². The van der Waals surface area contributed by atoms with Gasteiger partial charge >= 0.3 is 5.97 Å². The van der Waals surface area contributed by atoms with Gasteiger partial charge in [-0.25, -0.2) is 9.79 Å². The molecule has 2 aromatic carbocycles. The van der Waals surface area contributed by atoms with Gasteiger partial charge in [-0.15, -0.1) is 0 Å². The van der Waals surface area contributed by atoms with Gasteiger partial charge in [-0.1, -0.05) is 54.6 Å². The molecule has 2 aromatic rings. The van der Waals surface area contributed by atoms with Crippen LogP contribution in [0.5, 0.6) is 0 Å². The van der Waals surface area contributed by atoms with E-state index >= 15 is 0 Å². The highest BCUT2D eigenvalue weighted by molar-refractivity contribution is 5.96. The summed E-state index contributed by atoms with van der Waals surface area (Å²) in [7, 11) is 0. The molecular formula is C18H15NO3. The summed E-state index contributed by atoms with van der Waals surface area (Å²) in [6.07, 6.45) is 1.59. The molecule has 110 valence electrons. The van der Waals surface area contributed by atoms with Crippen molar-refractivity contribution in [1.29, 1.82) is 0 Å². The molecule has 3 rings (SSSR count). The van der Waals surface area contributed by atoms with Gasteiger partial charge < -0.3 is 9.84 Å². The van der Waals surface area contributed by atoms with Crippen LogP contribution in [0.3, 0.4) is 0 Å². The fraction of sp³-hybridized carbons (Fsp3) is 0.111. The molecular weight excluding hydrogens is 278 g/mol. The minimum absolute atomic E-state index is 0.247. The standard InChI is InChI=1S/C18H15NO3/c20-18(21)16-10-17(19-11-16)22-12-13-6-8-15(9-7-13)14-4-2-1-3-5-14/h1-9,11H,10,12H2,(H,20,21). The number of nitrogens with zero attached hydrogens (tertiary/aromatic N) is 1. The molecule has 22 heavy (non-hydrogen) atoms. The Bertz CT molecular complexity index is 731. The number of ether oxygens (including phenoxy) is 1. The van der Waals surface area contributed by atoms with Crippen molar-refractivity contribution in [1.82, 2.24) is 0 Å². The van der Waals surface area contributed by atoms with Gasteiger partial charge in [0.2, 0.25) is 0 Å². The maximum absolute atomic E-state index is 10.8. The molecule has 1 aliphatic rings. The lowest BCUT2D eigenvalue weighted by Gasteiger charge is -2.07. The zero-order chi connectivity index (χ0) is 15.4. The zero-order valence-corrected chi connectivity index (χ0v) is 11.9. The Morgan fingerprint density at radius 1 is 1.05 bits per heavy atom. The van der Waals surface area contributed by atoms with Gasteiger partial charge in [0.15, 0.2) is 5.90 Å². The third-order valence-electron chi connectivity index (χ3n) is 3.45. The summed E-state index contributed by atoms with van der Waals surface area (Å²) in [5.74, 6) is -0.501. The van der Waals surface area contributed by atoms with Crippen LogP contribution in [0.4, 0.5) is 0 Å². The van der Waals surface area contributed by atoms with Crippen LogP contribution in [0.15, 0.2) is 71.4 Å². The molecule has 0 saturated carbocycles. The molecule has 1 N–H and O–H groups in total. The van der Waals surface area contributed by atoms with Crippen LogP contribution in [0.25, 0.3) is 11.1 Å². The van der Waals surface area contributed by atoms with Crippen LogP contribution in [-0.2, 0) is 16.1 Å². The lowest BCUT2D eigenvalue weighted by Crippen LogP contribution is -2.06. The highest BCUT2D eigenvalue weighted by Crippen LogP contribution is 2.20. The Morgan fingerprint density at radius 3 is 2.36 bits per heavy atom. The maximum Gasteiger partial charge on any atom is 0.333 e. The smallest absolute Gasteiger partial charge is 0.333 e. The number of benzene rings is 2. The van der Waals surface area contributed by atoms with E-state index < -0.39 is 5.97 Å². The Balaban J connectivity index is 1.58. The minimum atomic E-state index is -0.949. The number of carboxylic acids is 1. The number of aliphatic imine (C=N–C) groups is 1. The predicted octanol–water partition coefficient (Wildman–Crippen LogP) is 3.64. The second-order valence-corrected chi connectivity index (χ2v) is 5.01. The van der Waals surface area contributed by atoms with E-state index in [0.717, 1.165) is 11.1 Å². The van der Waals surface area contributed by atoms with E-state index in [9.17, 15) is 4.79 Å². The molecule has 0 aromatic heterocycles. The average molecular weight is 293 g/mol. The summed E-state index contributed by atoms with van der Waals surface area (Å²) in [6.45, 7) is 0.384. The van der Waals surface area contributed by atoms with E-state index in [2.05, 4.69) is 17.1 Å². The first-order chi connectivity index (χ1) is 10.7. The van der Waals surface area contributed by atoms with Crippen molar-refractivity contribution in [2.24, 2.45) is 4.99 Å². The van der Waals surface area contributed by atoms with Crippen molar-refractivity contribution >= 4 is 11.9 Å². The van der Waals surface area contributed by atoms with Gasteiger partial charge in [-0.3, -0.25) is 0 Å². The van der Waals surface area contributed by atoms with Crippen LogP contribution < -0.4 is 0 Å². The fourth-order valence-corrected chi connectivity index (χ4v) is 2.21. The number of hydrogen-bond donors (Lipinski definition) is 1. The van der Waals surface area contributed by atoms with E-state index in [1.54, 1.807) is 0 Å². The van der Waals surface area contributed by atoms with Crippen molar-refractivity contribution in [3.63, 3.8) is 0 Å². The molecule has 4 heteroatoms. The van der Waals surface area contributed by atoms with E-state index in [1.165, 1.54) is 11.8 Å². The van der Waals surface area contributed by atoms with Gasteiger partial charge in [0.25, 0.3) is 0 Å². The quantitative estimate of drug-likeness (QED) is 0.936. The largest absolute Gasteiger partial charge is 0.478 e. The summed E-state index contributed by atoms with van der Waals surface area (Å²) < 4.78 is 5.55. The Labute approximate surface area is 128 Å². The lowest BCUT2D eigenvalue weighted by atomic mass is 10.0. The average Bonchev–Trinajstić information content (AvgIpc) is 3.04. The zero-order valence-electron chi connectivity index (χ0n) is 11.9. The maximum atomic E-state index is 10.8. The normalized spacial score (nSPS) is 13.5. The molecule has 4 nitrogen and oxygen atoms in total. The summed E-state index contributed by atoms with van der Waals surface area (Å²) in [5, 5.41) is 8.86. The molecule has 0 bridgehead atoms. The summed E-state index contributed by atoms with van der Waals surface area (Å²) in [6, 6.07) is 18.3. The van der Waals surface area contributed by atoms with E-state index in [-0.39, 0.29) is 12.0 Å². The van der Waals surface area contributed by atoms with E-state index in [1.807, 2.05) is 42.5 Å². The molecule has 0 amide bonds. The van der Waals surface area contributed by atoms with Gasteiger partial charge in [-0.05, 0) is 16.7 Å². The Hall–Kier alpha value is -2.88. The van der Waals surface area contributed by atoms with Crippen molar-refractivity contribution in [2.75, 3.05) is 0 Å². The van der Waals surface area contributed by atoms with Crippen LogP contribution >= 0.6 is 0 Å². The van der Waals surface area contributed by atoms with Gasteiger partial charge in [0, 0.05) is 6.20 Å². The first-order valence-corrected chi connectivity index (χ1v) is 6.98. The third kappa shape index (κ3) is 3.23. The Morgan fingerprint density at radius 2 is 1.73 bits per heavy atom. The first-order valence-electron chi connectivity index (χ1n) is 6.98. The lowest BCUT2D eigenvalue weighted by molar-refractivity contribution is -0.132. The molecule has 1 aliphatic heterocycles. The van der Waals surface area contributed by atoms with Crippen molar-refractivity contribution < 1.29 is 14.6 Å². The van der Waals surface area contributed by atoms with Gasteiger partial charge in [-0.2, -0.15) is 0 Å². The first kappa shape index (κ1) is 14.1. The van der Waals surface area contributed by atoms with E-state index in [0.29, 0.717) is 12.5 Å². The third-order valence-corrected chi connectivity index (χ3v) is 3.45. The predicted molar refractivity (Wildman–Crippen MR) is 84.4 cm³/mol. The highest BCUT2D eigenvalue weighted by atomic mass is 16.5. The summed E-state index contributed by atoms with van der Waals surface area (Å²) >= 11 is 0. The molecule has 0 spiro atoms. The van der Waals surface area contributed by atoms with Crippen molar-refractivity contribution in [3.8, 4) is 11.1 Å². The van der Waals surface area contributed by atoms with Crippen LogP contribution in [0.1, 0.15) is 12.0 Å². The molecule has 0 fully saturated rings. The summed E-state index contributed by atoms with van der Waals surface area (Å²) in [4.78, 5) is 14.8. The number of aliphatic carboxylic acids is 1. The van der Waals surface area contributed by atoms with Crippen molar-refractivity contribution in [2.45, 2.75) is 13.0 Å². The SMILES string of the molecule is O=C(O)C1=CN=C(OCc2ccc(-c3ccccc3)cc2)C1. The molecule has 0 saturated heterocycles. The molecule has 0 aliphatic carbocycles. The summed E-state index contributed by atoms with van der Waals surface area (Å²) in [5.41, 5.74) is 3.60. The van der Waals surface area contributed by atoms with Crippen LogP contribution in [0.2, 0.25) is 0 Å². The fourth-order valence-electron chi connectivity index (χ4n) is 2.21. The number of carboxylic acid groups (broad SMARTS) is 1. The monoisotopic (exact) mass is 293 g/mol. The van der Waals surface area contributed by atoms with Gasteiger partial charge in [0.1, 0.15) is 6.61 Å². The molecule has 1 heterocycles. The highest BCUT2D eigenvalue weighted by Gasteiger charge is 2.17. The molecule has 0 radical (unpaired) electrons. The second kappa shape index (κ2) is 6.26. The van der Waals surface area contributed by atoms with E-state index in [4.69, 9.17) is 9.84 Å². The van der Waals surface area contributed by atoms with Crippen LogP contribution in [0, 0.1) is 0 Å². The minimum Gasteiger partial charge on any atom is -0.478 e. The number of carbonyl (C=O) groups is 1. The molecule has 0 unspecified atom stereocenters. The number of rotatable bonds is 4. The topological polar surface area (TPSA) is 58.9 Å². The van der Waals surface area contributed by atoms with Crippen molar-refractivity contribution in [3.05, 3.63) is 71.9 Å². The van der Waals surface area contributed by atoms with Gasteiger partial charge in [0.05, 0.1) is 12.0 Å². The second-order valence-electron chi connectivity index (χ2n) is 5.01. The Kier molecular flexibility index (Phi) is 4.01. The molecule has 0 atom stereocenters.